The molecule has 0 aliphatic carbocycles. The Kier molecular flexibility index (Phi) is 18.8. The van der Waals surface area contributed by atoms with E-state index in [1.165, 1.54) is 54.6 Å². The standard InChI is InChI=1S/C26H25F3O6S.C26H25F3O4S/c1-4-33-25(30)16-35-23-11-10-22(14-17(23)2)36(31,32)24-12-9-21(13-18(24)3)34-15-19-5-7-20(8-6-19)26(27,28)29;1-4-31-25(30)16-33-23-11-10-22(14-17(23)2)34-24-12-9-21(13-18(24)3)32-15-19-5-7-20(8-6-19)26(27,28)29/h5-14H,4,15-16H2,1-3H3;5-14H,4,15-16H2,1-3H3. The molecule has 18 heteroatoms. The zero-order valence-corrected chi connectivity index (χ0v) is 40.6. The minimum atomic E-state index is -4.41. The van der Waals surface area contributed by atoms with Crippen molar-refractivity contribution < 1.29 is 72.8 Å². The van der Waals surface area contributed by atoms with Crippen LogP contribution in [-0.2, 0) is 54.5 Å². The summed E-state index contributed by atoms with van der Waals surface area (Å²) in [7, 11) is -3.86. The Hall–Kier alpha value is -6.66. The van der Waals surface area contributed by atoms with Gasteiger partial charge >= 0.3 is 24.3 Å². The second kappa shape index (κ2) is 24.3. The highest BCUT2D eigenvalue weighted by Crippen LogP contribution is 2.36. The summed E-state index contributed by atoms with van der Waals surface area (Å²) in [6, 6.07) is 29.8. The third-order valence-corrected chi connectivity index (χ3v) is 13.2. The first-order valence-corrected chi connectivity index (χ1v) is 23.9. The molecule has 0 atom stereocenters. The van der Waals surface area contributed by atoms with Crippen molar-refractivity contribution in [2.75, 3.05) is 26.4 Å². The van der Waals surface area contributed by atoms with Gasteiger partial charge in [0.15, 0.2) is 13.2 Å². The molecule has 0 unspecified atom stereocenters. The van der Waals surface area contributed by atoms with Gasteiger partial charge in [0.2, 0.25) is 9.84 Å². The molecule has 6 aromatic carbocycles. The summed E-state index contributed by atoms with van der Waals surface area (Å²) in [5, 5.41) is 0. The highest BCUT2D eigenvalue weighted by molar-refractivity contribution is 7.99. The molecular weight excluding hydrogens is 963 g/mol. The summed E-state index contributed by atoms with van der Waals surface area (Å²) >= 11 is 1.59. The fraction of sp³-hybridized carbons (Fsp3) is 0.269. The number of hydrogen-bond donors (Lipinski definition) is 0. The van der Waals surface area contributed by atoms with Crippen LogP contribution in [0.15, 0.2) is 141 Å². The van der Waals surface area contributed by atoms with Gasteiger partial charge in [-0.25, -0.2) is 18.0 Å². The monoisotopic (exact) mass is 1010 g/mol. The van der Waals surface area contributed by atoms with Gasteiger partial charge in [-0.05, 0) is 172 Å². The molecule has 372 valence electrons. The first kappa shape index (κ1) is 54.3. The van der Waals surface area contributed by atoms with Crippen LogP contribution in [-0.4, -0.2) is 46.8 Å². The fourth-order valence-corrected chi connectivity index (χ4v) is 9.03. The molecule has 0 radical (unpaired) electrons. The number of esters is 2. The molecule has 10 nitrogen and oxygen atoms in total. The van der Waals surface area contributed by atoms with E-state index in [0.29, 0.717) is 51.9 Å². The van der Waals surface area contributed by atoms with Crippen molar-refractivity contribution >= 4 is 33.5 Å². The molecule has 0 bridgehead atoms. The zero-order chi connectivity index (χ0) is 51.2. The molecule has 0 aliphatic rings. The summed E-state index contributed by atoms with van der Waals surface area (Å²) < 4.78 is 135. The van der Waals surface area contributed by atoms with Crippen LogP contribution in [0.5, 0.6) is 23.0 Å². The lowest BCUT2D eigenvalue weighted by Crippen LogP contribution is -2.15. The van der Waals surface area contributed by atoms with Crippen LogP contribution in [0.3, 0.4) is 0 Å². The minimum absolute atomic E-state index is 0.0239. The number of ether oxygens (including phenoxy) is 6. The van der Waals surface area contributed by atoms with E-state index in [0.717, 1.165) is 45.2 Å². The maximum Gasteiger partial charge on any atom is 0.416 e. The molecule has 0 amide bonds. The molecule has 6 aromatic rings. The number of sulfone groups is 1. The van der Waals surface area contributed by atoms with Gasteiger partial charge in [0.25, 0.3) is 0 Å². The van der Waals surface area contributed by atoms with Crippen LogP contribution >= 0.6 is 11.8 Å². The average molecular weight is 1010 g/mol. The van der Waals surface area contributed by atoms with E-state index in [1.807, 2.05) is 50.2 Å². The second-order valence-corrected chi connectivity index (χ2v) is 18.5. The molecule has 0 heterocycles. The number of aryl methyl sites for hydroxylation is 4. The Balaban J connectivity index is 0.000000261. The molecule has 0 saturated heterocycles. The van der Waals surface area contributed by atoms with Gasteiger partial charge in [-0.2, -0.15) is 26.3 Å². The van der Waals surface area contributed by atoms with Gasteiger partial charge in [0.05, 0.1) is 34.1 Å². The van der Waals surface area contributed by atoms with Gasteiger partial charge in [-0.3, -0.25) is 0 Å². The number of benzene rings is 6. The summed E-state index contributed by atoms with van der Waals surface area (Å²) in [6.45, 7) is 10.9. The predicted molar refractivity (Wildman–Crippen MR) is 250 cm³/mol. The van der Waals surface area contributed by atoms with Crippen LogP contribution in [0, 0.1) is 27.7 Å². The Labute approximate surface area is 406 Å². The Morgan fingerprint density at radius 2 is 0.971 bits per heavy atom. The van der Waals surface area contributed by atoms with Gasteiger partial charge in [-0.1, -0.05) is 36.0 Å². The van der Waals surface area contributed by atoms with Gasteiger partial charge in [-0.15, -0.1) is 0 Å². The van der Waals surface area contributed by atoms with Crippen LogP contribution < -0.4 is 18.9 Å². The quantitative estimate of drug-likeness (QED) is 0.0604. The number of carbonyl (C=O) groups is 2. The number of alkyl halides is 6. The first-order valence-electron chi connectivity index (χ1n) is 21.6. The molecule has 0 aromatic heterocycles. The lowest BCUT2D eigenvalue weighted by atomic mass is 10.1. The lowest BCUT2D eigenvalue weighted by molar-refractivity contribution is -0.146. The van der Waals surface area contributed by atoms with Crippen molar-refractivity contribution in [2.45, 2.75) is 86.7 Å². The third kappa shape index (κ3) is 15.7. The Morgan fingerprint density at radius 3 is 1.40 bits per heavy atom. The molecule has 70 heavy (non-hydrogen) atoms. The molecule has 0 aliphatic heterocycles. The smallest absolute Gasteiger partial charge is 0.416 e. The van der Waals surface area contributed by atoms with Crippen molar-refractivity contribution in [1.29, 1.82) is 0 Å². The van der Waals surface area contributed by atoms with Gasteiger partial charge in [0.1, 0.15) is 36.2 Å². The lowest BCUT2D eigenvalue weighted by Gasteiger charge is -2.13. The number of carbonyl (C=O) groups excluding carboxylic acids is 2. The van der Waals surface area contributed by atoms with E-state index >= 15 is 0 Å². The van der Waals surface area contributed by atoms with Gasteiger partial charge in [0, 0.05) is 9.79 Å². The SMILES string of the molecule is CCOC(=O)COc1ccc(S(=O)(=O)c2ccc(OCc3ccc(C(F)(F)F)cc3)cc2C)cc1C.CCOC(=O)COc1ccc(Sc2ccc(OCc3ccc(C(F)(F)F)cc3)cc2C)cc1C. The topological polar surface area (TPSA) is 124 Å². The highest BCUT2D eigenvalue weighted by atomic mass is 32.2. The normalized spacial score (nSPS) is 11.5. The molecule has 6 rings (SSSR count). The van der Waals surface area contributed by atoms with Crippen LogP contribution in [0.2, 0.25) is 0 Å². The van der Waals surface area contributed by atoms with E-state index in [2.05, 4.69) is 0 Å². The van der Waals surface area contributed by atoms with E-state index in [4.69, 9.17) is 28.4 Å². The summed E-state index contributed by atoms with van der Waals surface area (Å²) in [6.07, 6.45) is -8.76. The fourth-order valence-electron chi connectivity index (χ4n) is 6.48. The molecule has 0 N–H and O–H groups in total. The minimum Gasteiger partial charge on any atom is -0.489 e. The molecule has 0 fully saturated rings. The molecule has 0 spiro atoms. The molecule has 0 saturated carbocycles. The van der Waals surface area contributed by atoms with Crippen molar-refractivity contribution in [3.8, 4) is 23.0 Å². The van der Waals surface area contributed by atoms with E-state index in [9.17, 15) is 44.3 Å². The summed E-state index contributed by atoms with van der Waals surface area (Å²) in [4.78, 5) is 25.2. The number of halogens is 6. The number of hydrogen-bond acceptors (Lipinski definition) is 11. The second-order valence-electron chi connectivity index (χ2n) is 15.5. The van der Waals surface area contributed by atoms with Gasteiger partial charge < -0.3 is 28.4 Å². The summed E-state index contributed by atoms with van der Waals surface area (Å²) in [5.41, 5.74) is 2.67. The van der Waals surface area contributed by atoms with Crippen molar-refractivity contribution in [1.82, 2.24) is 0 Å². The van der Waals surface area contributed by atoms with Crippen molar-refractivity contribution in [3.63, 3.8) is 0 Å². The Morgan fingerprint density at radius 1 is 0.514 bits per heavy atom. The van der Waals surface area contributed by atoms with Crippen molar-refractivity contribution in [3.05, 3.63) is 166 Å². The predicted octanol–water partition coefficient (Wildman–Crippen LogP) is 12.7. The largest absolute Gasteiger partial charge is 0.489 e. The van der Waals surface area contributed by atoms with Crippen molar-refractivity contribution in [2.24, 2.45) is 0 Å². The third-order valence-electron chi connectivity index (χ3n) is 10.1. The zero-order valence-electron chi connectivity index (χ0n) is 39.0. The average Bonchev–Trinajstić information content (AvgIpc) is 3.30. The van der Waals surface area contributed by atoms with E-state index in [1.54, 1.807) is 45.5 Å². The maximum absolute atomic E-state index is 13.2. The Bertz CT molecular complexity index is 2850. The summed E-state index contributed by atoms with van der Waals surface area (Å²) in [5.74, 6) is 1.08. The van der Waals surface area contributed by atoms with E-state index in [-0.39, 0.29) is 42.8 Å². The maximum atomic E-state index is 13.2. The number of rotatable bonds is 18. The van der Waals surface area contributed by atoms with Crippen LogP contribution in [0.1, 0.15) is 58.4 Å². The highest BCUT2D eigenvalue weighted by Gasteiger charge is 2.31. The van der Waals surface area contributed by atoms with Crippen LogP contribution in [0.4, 0.5) is 26.3 Å². The molecular formula is C52H50F6O10S2. The van der Waals surface area contributed by atoms with E-state index < -0.39 is 45.3 Å². The van der Waals surface area contributed by atoms with Crippen LogP contribution in [0.25, 0.3) is 0 Å². The first-order chi connectivity index (χ1) is 33.1.